The number of hydrogen-bond acceptors (Lipinski definition) is 7. The first-order valence-electron chi connectivity index (χ1n) is 16.4. The maximum Gasteiger partial charge on any atom is 0.329 e. The lowest BCUT2D eigenvalue weighted by atomic mass is 10.1. The van der Waals surface area contributed by atoms with Crippen molar-refractivity contribution in [3.05, 3.63) is 118 Å². The lowest BCUT2D eigenvalue weighted by Gasteiger charge is -2.26. The highest BCUT2D eigenvalue weighted by molar-refractivity contribution is 5.80. The maximum atomic E-state index is 13.9. The Morgan fingerprint density at radius 2 is 1.55 bits per heavy atom. The molecule has 242 valence electrons. The molecular formula is C37H41N7O3. The van der Waals surface area contributed by atoms with Gasteiger partial charge in [0.05, 0.1) is 48.4 Å². The van der Waals surface area contributed by atoms with Crippen LogP contribution < -0.4 is 11.0 Å². The first kappa shape index (κ1) is 30.7. The molecule has 3 aromatic heterocycles. The molecule has 0 atom stereocenters. The van der Waals surface area contributed by atoms with Crippen LogP contribution in [0, 0.1) is 6.92 Å². The van der Waals surface area contributed by atoms with Gasteiger partial charge in [-0.2, -0.15) is 0 Å². The van der Waals surface area contributed by atoms with Crippen molar-refractivity contribution in [3.8, 4) is 5.75 Å². The number of nitrogens with one attached hydrogen (secondary N) is 1. The molecule has 0 unspecified atom stereocenters. The largest absolute Gasteiger partial charge is 0.506 e. The van der Waals surface area contributed by atoms with Gasteiger partial charge in [-0.05, 0) is 73.8 Å². The van der Waals surface area contributed by atoms with Crippen LogP contribution in [0.15, 0.2) is 89.7 Å². The number of rotatable bonds is 12. The predicted molar refractivity (Wildman–Crippen MR) is 185 cm³/mol. The third-order valence-corrected chi connectivity index (χ3v) is 8.98. The molecule has 7 rings (SSSR count). The summed E-state index contributed by atoms with van der Waals surface area (Å²) in [6, 6.07) is 28.0. The Balaban J connectivity index is 1.19. The molecule has 1 fully saturated rings. The number of anilines is 1. The molecule has 0 spiro atoms. The SMILES string of the molecule is Cc1ccc(O)c(Cn2c(NCCCN3CCOCC3)nc3ccc(Cn4c(=O)n(CCc5ccccc5)c5ccccc54)cc32)n1. The minimum Gasteiger partial charge on any atom is -0.506 e. The second-order valence-electron chi connectivity index (χ2n) is 12.2. The van der Waals surface area contributed by atoms with Crippen molar-refractivity contribution in [3.63, 3.8) is 0 Å². The third kappa shape index (κ3) is 6.79. The van der Waals surface area contributed by atoms with Gasteiger partial charge >= 0.3 is 5.69 Å². The molecule has 3 aromatic carbocycles. The van der Waals surface area contributed by atoms with Gasteiger partial charge < -0.3 is 19.7 Å². The van der Waals surface area contributed by atoms with Crippen LogP contribution in [0.3, 0.4) is 0 Å². The molecule has 4 heterocycles. The van der Waals surface area contributed by atoms with Crippen LogP contribution in [0.4, 0.5) is 5.95 Å². The van der Waals surface area contributed by atoms with E-state index in [0.717, 1.165) is 91.5 Å². The topological polar surface area (TPSA) is 102 Å². The van der Waals surface area contributed by atoms with Crippen LogP contribution in [-0.2, 0) is 30.8 Å². The monoisotopic (exact) mass is 631 g/mol. The molecule has 6 aromatic rings. The van der Waals surface area contributed by atoms with E-state index in [0.29, 0.717) is 25.3 Å². The number of para-hydroxylation sites is 2. The minimum atomic E-state index is -0.0211. The number of morpholine rings is 1. The molecule has 2 N–H and O–H groups in total. The zero-order chi connectivity index (χ0) is 32.2. The molecular weight excluding hydrogens is 590 g/mol. The Bertz CT molecular complexity index is 2040. The maximum absolute atomic E-state index is 13.9. The van der Waals surface area contributed by atoms with E-state index < -0.39 is 0 Å². The van der Waals surface area contributed by atoms with E-state index in [-0.39, 0.29) is 11.4 Å². The van der Waals surface area contributed by atoms with Gasteiger partial charge in [-0.25, -0.2) is 9.78 Å². The van der Waals surface area contributed by atoms with Gasteiger partial charge in [-0.3, -0.25) is 19.0 Å². The summed E-state index contributed by atoms with van der Waals surface area (Å²) in [5, 5.41) is 14.2. The lowest BCUT2D eigenvalue weighted by molar-refractivity contribution is 0.0378. The number of benzene rings is 3. The van der Waals surface area contributed by atoms with E-state index in [1.807, 2.05) is 76.7 Å². The molecule has 0 aliphatic carbocycles. The average Bonchev–Trinajstić information content (AvgIpc) is 3.57. The summed E-state index contributed by atoms with van der Waals surface area (Å²) in [5.41, 5.74) is 7.21. The molecule has 1 aliphatic heterocycles. The fourth-order valence-electron chi connectivity index (χ4n) is 6.47. The molecule has 0 saturated carbocycles. The average molecular weight is 632 g/mol. The number of fused-ring (bicyclic) bond motifs is 2. The Morgan fingerprint density at radius 3 is 2.36 bits per heavy atom. The molecule has 1 aliphatic rings. The summed E-state index contributed by atoms with van der Waals surface area (Å²) in [4.78, 5) is 25.9. The van der Waals surface area contributed by atoms with Crippen molar-refractivity contribution < 1.29 is 9.84 Å². The highest BCUT2D eigenvalue weighted by Crippen LogP contribution is 2.26. The van der Waals surface area contributed by atoms with Crippen molar-refractivity contribution in [1.29, 1.82) is 0 Å². The fraction of sp³-hybridized carbons (Fsp3) is 0.324. The summed E-state index contributed by atoms with van der Waals surface area (Å²) in [7, 11) is 0. The van der Waals surface area contributed by atoms with Crippen molar-refractivity contribution in [1.82, 2.24) is 28.6 Å². The van der Waals surface area contributed by atoms with Crippen LogP contribution in [-0.4, -0.2) is 73.1 Å². The third-order valence-electron chi connectivity index (χ3n) is 8.98. The minimum absolute atomic E-state index is 0.0211. The van der Waals surface area contributed by atoms with Crippen LogP contribution in [0.25, 0.3) is 22.1 Å². The fourth-order valence-corrected chi connectivity index (χ4v) is 6.47. The summed E-state index contributed by atoms with van der Waals surface area (Å²) < 4.78 is 11.3. The second-order valence-corrected chi connectivity index (χ2v) is 12.2. The van der Waals surface area contributed by atoms with Crippen LogP contribution in [0.2, 0.25) is 0 Å². The molecule has 47 heavy (non-hydrogen) atoms. The number of pyridine rings is 1. The van der Waals surface area contributed by atoms with Gasteiger partial charge in [-0.15, -0.1) is 0 Å². The summed E-state index contributed by atoms with van der Waals surface area (Å²) in [5.74, 6) is 0.887. The normalized spacial score (nSPS) is 13.9. The van der Waals surface area contributed by atoms with E-state index in [1.165, 1.54) is 5.56 Å². The first-order chi connectivity index (χ1) is 23.0. The number of aromatic nitrogens is 5. The Labute approximate surface area is 273 Å². The molecule has 0 radical (unpaired) electrons. The Morgan fingerprint density at radius 1 is 0.787 bits per heavy atom. The highest BCUT2D eigenvalue weighted by atomic mass is 16.5. The van der Waals surface area contributed by atoms with E-state index in [2.05, 4.69) is 38.0 Å². The number of imidazole rings is 2. The number of ether oxygens (including phenoxy) is 1. The van der Waals surface area contributed by atoms with Crippen molar-refractivity contribution >= 4 is 28.0 Å². The second kappa shape index (κ2) is 13.8. The smallest absolute Gasteiger partial charge is 0.329 e. The van der Waals surface area contributed by atoms with E-state index >= 15 is 0 Å². The standard InChI is InChI=1S/C37H41N7O3/c1-27-12-15-35(45)31(39-27)26-43-34-24-29(13-14-30(34)40-36(43)38-17-7-18-41-20-22-47-23-21-41)25-44-33-11-6-5-10-32(33)42(37(44)46)19-16-28-8-3-2-4-9-28/h2-6,8-15,24,45H,7,16-23,25-26H2,1H3,(H,38,40). The molecule has 0 bridgehead atoms. The van der Waals surface area contributed by atoms with Gasteiger partial charge in [0.2, 0.25) is 5.95 Å². The lowest BCUT2D eigenvalue weighted by Crippen LogP contribution is -2.37. The zero-order valence-corrected chi connectivity index (χ0v) is 26.8. The Kier molecular flexibility index (Phi) is 9.03. The Hall–Kier alpha value is -4.93. The van der Waals surface area contributed by atoms with Gasteiger partial charge in [0.25, 0.3) is 0 Å². The van der Waals surface area contributed by atoms with E-state index in [9.17, 15) is 9.90 Å². The van der Waals surface area contributed by atoms with Crippen LogP contribution in [0.1, 0.15) is 28.9 Å². The predicted octanol–water partition coefficient (Wildman–Crippen LogP) is 5.04. The summed E-state index contributed by atoms with van der Waals surface area (Å²) in [6.45, 7) is 8.59. The van der Waals surface area contributed by atoms with Gasteiger partial charge in [0.1, 0.15) is 11.4 Å². The van der Waals surface area contributed by atoms with Gasteiger partial charge in [-0.1, -0.05) is 48.5 Å². The van der Waals surface area contributed by atoms with Crippen LogP contribution >= 0.6 is 0 Å². The molecule has 10 heteroatoms. The number of hydrogen-bond donors (Lipinski definition) is 2. The quantitative estimate of drug-likeness (QED) is 0.183. The summed E-state index contributed by atoms with van der Waals surface area (Å²) >= 11 is 0. The van der Waals surface area contributed by atoms with Gasteiger partial charge in [0, 0.05) is 31.9 Å². The van der Waals surface area contributed by atoms with Crippen molar-refractivity contribution in [2.45, 2.75) is 39.4 Å². The number of aryl methyl sites for hydroxylation is 3. The van der Waals surface area contributed by atoms with Crippen LogP contribution in [0.5, 0.6) is 5.75 Å². The number of nitrogens with zero attached hydrogens (tertiary/aromatic N) is 6. The van der Waals surface area contributed by atoms with Crippen molar-refractivity contribution in [2.24, 2.45) is 0 Å². The molecule has 0 amide bonds. The summed E-state index contributed by atoms with van der Waals surface area (Å²) in [6.07, 6.45) is 1.75. The van der Waals surface area contributed by atoms with E-state index in [4.69, 9.17) is 9.72 Å². The highest BCUT2D eigenvalue weighted by Gasteiger charge is 2.18. The number of aromatic hydroxyl groups is 1. The van der Waals surface area contributed by atoms with E-state index in [1.54, 1.807) is 6.07 Å². The first-order valence-corrected chi connectivity index (χ1v) is 16.4. The molecule has 1 saturated heterocycles. The van der Waals surface area contributed by atoms with Crippen molar-refractivity contribution in [2.75, 3.05) is 44.7 Å². The van der Waals surface area contributed by atoms with Gasteiger partial charge in [0.15, 0.2) is 0 Å². The molecule has 10 nitrogen and oxygen atoms in total. The zero-order valence-electron chi connectivity index (χ0n) is 26.8.